The Morgan fingerprint density at radius 2 is 1.77 bits per heavy atom. The Morgan fingerprint density at radius 3 is 2.45 bits per heavy atom. The summed E-state index contributed by atoms with van der Waals surface area (Å²) in [5, 5.41) is 6.11. The van der Waals surface area contributed by atoms with Crippen LogP contribution in [0.1, 0.15) is 12.0 Å². The second kappa shape index (κ2) is 11.0. The Labute approximate surface area is 186 Å². The van der Waals surface area contributed by atoms with Crippen LogP contribution in [0.2, 0.25) is 5.02 Å². The monoisotopic (exact) mass is 438 g/mol. The third kappa shape index (κ3) is 7.31. The van der Waals surface area contributed by atoms with Crippen LogP contribution >= 0.6 is 11.6 Å². The van der Waals surface area contributed by atoms with Crippen LogP contribution in [-0.4, -0.2) is 35.4 Å². The Bertz CT molecular complexity index is 996. The summed E-state index contributed by atoms with van der Waals surface area (Å²) in [7, 11) is 1.71. The first-order valence-electron chi connectivity index (χ1n) is 9.72. The van der Waals surface area contributed by atoms with E-state index in [1.165, 1.54) is 6.20 Å². The number of hydrogen-bond donors (Lipinski definition) is 2. The van der Waals surface area contributed by atoms with Gasteiger partial charge in [-0.3, -0.25) is 4.79 Å². The van der Waals surface area contributed by atoms with Crippen LogP contribution in [0.15, 0.2) is 72.9 Å². The number of carbonyl (C=O) groups excluding carboxylic acids is 2. The first kappa shape index (κ1) is 22.1. The molecule has 3 amide bonds. The molecule has 2 N–H and O–H groups in total. The number of anilines is 1. The minimum Gasteiger partial charge on any atom is -0.439 e. The molecule has 3 rings (SSSR count). The molecule has 31 heavy (non-hydrogen) atoms. The highest BCUT2D eigenvalue weighted by Crippen LogP contribution is 2.22. The Hall–Kier alpha value is -3.58. The fraction of sp³-hybridized carbons (Fsp3) is 0.174. The van der Waals surface area contributed by atoms with Gasteiger partial charge in [0.15, 0.2) is 0 Å². The molecule has 160 valence electrons. The van der Waals surface area contributed by atoms with Gasteiger partial charge in [0.1, 0.15) is 5.75 Å². The highest BCUT2D eigenvalue weighted by Gasteiger charge is 2.10. The number of amides is 3. The summed E-state index contributed by atoms with van der Waals surface area (Å²) in [4.78, 5) is 30.0. The number of hydrogen-bond acceptors (Lipinski definition) is 4. The molecular weight excluding hydrogens is 416 g/mol. The Balaban J connectivity index is 1.39. The van der Waals surface area contributed by atoms with Crippen molar-refractivity contribution in [2.75, 3.05) is 18.9 Å². The van der Waals surface area contributed by atoms with Crippen molar-refractivity contribution < 1.29 is 14.3 Å². The van der Waals surface area contributed by atoms with Crippen molar-refractivity contribution in [3.63, 3.8) is 0 Å². The maximum Gasteiger partial charge on any atom is 0.317 e. The number of ether oxygens (including phenoxy) is 1. The van der Waals surface area contributed by atoms with Crippen molar-refractivity contribution in [1.29, 1.82) is 0 Å². The predicted molar refractivity (Wildman–Crippen MR) is 120 cm³/mol. The lowest BCUT2D eigenvalue weighted by Gasteiger charge is -2.18. The van der Waals surface area contributed by atoms with Gasteiger partial charge in [-0.05, 0) is 35.9 Å². The van der Waals surface area contributed by atoms with Crippen molar-refractivity contribution in [2.24, 2.45) is 0 Å². The van der Waals surface area contributed by atoms with Gasteiger partial charge in [0, 0.05) is 37.6 Å². The zero-order valence-corrected chi connectivity index (χ0v) is 17.8. The number of aromatic nitrogens is 1. The number of urea groups is 1. The topological polar surface area (TPSA) is 83.6 Å². The molecule has 1 heterocycles. The first-order valence-corrected chi connectivity index (χ1v) is 10.1. The van der Waals surface area contributed by atoms with Gasteiger partial charge in [-0.25, -0.2) is 9.78 Å². The Kier molecular flexibility index (Phi) is 7.84. The molecule has 0 radical (unpaired) electrons. The normalized spacial score (nSPS) is 10.3. The summed E-state index contributed by atoms with van der Waals surface area (Å²) in [6, 6.07) is 19.7. The lowest BCUT2D eigenvalue weighted by Crippen LogP contribution is -2.38. The van der Waals surface area contributed by atoms with Crippen molar-refractivity contribution in [3.05, 3.63) is 83.5 Å². The van der Waals surface area contributed by atoms with Gasteiger partial charge in [0.25, 0.3) is 0 Å². The molecule has 7 nitrogen and oxygen atoms in total. The van der Waals surface area contributed by atoms with E-state index in [0.29, 0.717) is 28.9 Å². The number of nitrogens with one attached hydrogen (secondary N) is 2. The lowest BCUT2D eigenvalue weighted by atomic mass is 10.2. The molecule has 0 bridgehead atoms. The average molecular weight is 439 g/mol. The summed E-state index contributed by atoms with van der Waals surface area (Å²) in [5.41, 5.74) is 1.58. The SMILES string of the molecule is CN(Cc1ccccc1)C(=O)NCCC(=O)Nc1ccc(Oc2ccc(Cl)cc2)nc1. The molecule has 1 aromatic heterocycles. The molecule has 0 unspecified atom stereocenters. The summed E-state index contributed by atoms with van der Waals surface area (Å²) in [6.07, 6.45) is 1.66. The molecule has 0 saturated heterocycles. The van der Waals surface area contributed by atoms with Gasteiger partial charge in [-0.1, -0.05) is 41.9 Å². The van der Waals surface area contributed by atoms with E-state index in [0.717, 1.165) is 5.56 Å². The van der Waals surface area contributed by atoms with Crippen LogP contribution < -0.4 is 15.4 Å². The zero-order valence-electron chi connectivity index (χ0n) is 17.0. The molecule has 0 aliphatic carbocycles. The van der Waals surface area contributed by atoms with Crippen molar-refractivity contribution >= 4 is 29.2 Å². The second-order valence-electron chi connectivity index (χ2n) is 6.81. The fourth-order valence-electron chi connectivity index (χ4n) is 2.71. The average Bonchev–Trinajstić information content (AvgIpc) is 2.77. The van der Waals surface area contributed by atoms with Crippen LogP contribution in [0, 0.1) is 0 Å². The molecule has 0 atom stereocenters. The van der Waals surface area contributed by atoms with E-state index < -0.39 is 0 Å². The molecule has 0 fully saturated rings. The van der Waals surface area contributed by atoms with E-state index in [2.05, 4.69) is 15.6 Å². The highest BCUT2D eigenvalue weighted by atomic mass is 35.5. The van der Waals surface area contributed by atoms with Crippen LogP contribution in [0.5, 0.6) is 11.6 Å². The molecule has 3 aromatic rings. The molecule has 0 spiro atoms. The number of nitrogens with zero attached hydrogens (tertiary/aromatic N) is 2. The van der Waals surface area contributed by atoms with Gasteiger partial charge >= 0.3 is 6.03 Å². The number of halogens is 1. The third-order valence-electron chi connectivity index (χ3n) is 4.29. The third-order valence-corrected chi connectivity index (χ3v) is 4.55. The molecule has 8 heteroatoms. The Morgan fingerprint density at radius 1 is 1.03 bits per heavy atom. The quantitative estimate of drug-likeness (QED) is 0.534. The fourth-order valence-corrected chi connectivity index (χ4v) is 2.83. The summed E-state index contributed by atoms with van der Waals surface area (Å²) in [5.74, 6) is 0.787. The van der Waals surface area contributed by atoms with Crippen molar-refractivity contribution in [1.82, 2.24) is 15.2 Å². The van der Waals surface area contributed by atoms with E-state index in [4.69, 9.17) is 16.3 Å². The van der Waals surface area contributed by atoms with Crippen LogP contribution in [-0.2, 0) is 11.3 Å². The molecule has 0 aliphatic rings. The maximum atomic E-state index is 12.1. The number of benzene rings is 2. The van der Waals surface area contributed by atoms with Crippen molar-refractivity contribution in [2.45, 2.75) is 13.0 Å². The molecule has 0 saturated carbocycles. The predicted octanol–water partition coefficient (Wildman–Crippen LogP) is 4.70. The number of pyridine rings is 1. The summed E-state index contributed by atoms with van der Waals surface area (Å²) in [6.45, 7) is 0.726. The van der Waals surface area contributed by atoms with Gasteiger partial charge < -0.3 is 20.3 Å². The minimum atomic E-state index is -0.234. The second-order valence-corrected chi connectivity index (χ2v) is 7.25. The summed E-state index contributed by atoms with van der Waals surface area (Å²) >= 11 is 5.85. The van der Waals surface area contributed by atoms with E-state index in [9.17, 15) is 9.59 Å². The van der Waals surface area contributed by atoms with Crippen LogP contribution in [0.25, 0.3) is 0 Å². The van der Waals surface area contributed by atoms with Crippen LogP contribution in [0.3, 0.4) is 0 Å². The van der Waals surface area contributed by atoms with Gasteiger partial charge in [0.05, 0.1) is 11.9 Å². The maximum absolute atomic E-state index is 12.1. The molecule has 2 aromatic carbocycles. The standard InChI is InChI=1S/C23H23ClN4O3/c1-28(16-17-5-3-2-4-6-17)23(30)25-14-13-21(29)27-19-9-12-22(26-15-19)31-20-10-7-18(24)8-11-20/h2-12,15H,13-14,16H2,1H3,(H,25,30)(H,27,29). The molecule has 0 aliphatic heterocycles. The summed E-state index contributed by atoms with van der Waals surface area (Å²) < 4.78 is 5.61. The highest BCUT2D eigenvalue weighted by molar-refractivity contribution is 6.30. The largest absolute Gasteiger partial charge is 0.439 e. The van der Waals surface area contributed by atoms with E-state index in [1.54, 1.807) is 48.3 Å². The smallest absolute Gasteiger partial charge is 0.317 e. The van der Waals surface area contributed by atoms with Crippen molar-refractivity contribution in [3.8, 4) is 11.6 Å². The lowest BCUT2D eigenvalue weighted by molar-refractivity contribution is -0.116. The number of carbonyl (C=O) groups is 2. The molecular formula is C23H23ClN4O3. The first-order chi connectivity index (χ1) is 15.0. The van der Waals surface area contributed by atoms with Gasteiger partial charge in [0.2, 0.25) is 11.8 Å². The van der Waals surface area contributed by atoms with E-state index >= 15 is 0 Å². The van der Waals surface area contributed by atoms with Crippen LogP contribution in [0.4, 0.5) is 10.5 Å². The zero-order chi connectivity index (χ0) is 22.1. The number of rotatable bonds is 8. The van der Waals surface area contributed by atoms with E-state index in [1.807, 2.05) is 30.3 Å². The van der Waals surface area contributed by atoms with Gasteiger partial charge in [-0.2, -0.15) is 0 Å². The van der Waals surface area contributed by atoms with Gasteiger partial charge in [-0.15, -0.1) is 0 Å². The minimum absolute atomic E-state index is 0.147. The van der Waals surface area contributed by atoms with E-state index in [-0.39, 0.29) is 24.9 Å².